The second-order valence-corrected chi connectivity index (χ2v) is 20.5. The molecule has 0 radical (unpaired) electrons. The van der Waals surface area contributed by atoms with Crippen LogP contribution in [0.5, 0.6) is 28.7 Å². The summed E-state index contributed by atoms with van der Waals surface area (Å²) in [6, 6.07) is 29.1. The van der Waals surface area contributed by atoms with Crippen LogP contribution < -0.4 is 38.8 Å². The predicted octanol–water partition coefficient (Wildman–Crippen LogP) is 12.9. The molecule has 11 heteroatoms. The van der Waals surface area contributed by atoms with Gasteiger partial charge in [-0.2, -0.15) is 0 Å². The number of methoxy groups -OCH3 is 2. The van der Waals surface area contributed by atoms with E-state index in [-0.39, 0.29) is 42.5 Å². The van der Waals surface area contributed by atoms with E-state index in [0.717, 1.165) is 59.3 Å². The van der Waals surface area contributed by atoms with Crippen molar-refractivity contribution in [1.29, 1.82) is 0 Å². The molecule has 2 amide bonds. The molecule has 0 aromatic heterocycles. The fraction of sp³-hybridized carbons (Fsp3) is 0.407. The molecule has 366 valence electrons. The van der Waals surface area contributed by atoms with Crippen LogP contribution in [0.15, 0.2) is 108 Å². The number of para-hydroxylation sites is 2. The normalized spacial score (nSPS) is 19.9. The summed E-state index contributed by atoms with van der Waals surface area (Å²) in [5, 5.41) is 3.23. The number of rotatable bonds is 17. The van der Waals surface area contributed by atoms with Gasteiger partial charge in [-0.3, -0.25) is 19.5 Å². The van der Waals surface area contributed by atoms with Gasteiger partial charge in [0.05, 0.1) is 49.4 Å². The Bertz CT molecular complexity index is 2830. The molecule has 9 rings (SSSR count). The maximum Gasteiger partial charge on any atom is 0.261 e. The van der Waals surface area contributed by atoms with Crippen molar-refractivity contribution < 1.29 is 33.3 Å². The average Bonchev–Trinajstić information content (AvgIpc) is 3.86. The van der Waals surface area contributed by atoms with Gasteiger partial charge in [0.2, 0.25) is 0 Å². The van der Waals surface area contributed by atoms with Crippen molar-refractivity contribution in [2.24, 2.45) is 15.8 Å². The van der Waals surface area contributed by atoms with E-state index < -0.39 is 0 Å². The molecule has 0 bridgehead atoms. The molecule has 1 fully saturated rings. The van der Waals surface area contributed by atoms with Gasteiger partial charge in [-0.05, 0) is 134 Å². The van der Waals surface area contributed by atoms with Crippen molar-refractivity contribution in [3.8, 4) is 28.7 Å². The number of anilines is 3. The topological polar surface area (TPSA) is 111 Å². The van der Waals surface area contributed by atoms with Gasteiger partial charge in [0.25, 0.3) is 11.8 Å². The summed E-state index contributed by atoms with van der Waals surface area (Å²) < 4.78 is 31.3. The molecule has 11 nitrogen and oxygen atoms in total. The number of unbranched alkanes of at least 4 members (excludes halogenated alkanes) is 1. The van der Waals surface area contributed by atoms with E-state index >= 15 is 0 Å². The first kappa shape index (κ1) is 48.3. The smallest absolute Gasteiger partial charge is 0.261 e. The van der Waals surface area contributed by atoms with Gasteiger partial charge in [-0.15, -0.1) is 0 Å². The lowest BCUT2D eigenvalue weighted by atomic mass is 9.61. The zero-order valence-electron chi connectivity index (χ0n) is 42.2. The van der Waals surface area contributed by atoms with Crippen molar-refractivity contribution in [3.05, 3.63) is 136 Å². The molecule has 5 aromatic rings. The third-order valence-electron chi connectivity index (χ3n) is 14.9. The van der Waals surface area contributed by atoms with Gasteiger partial charge in [-0.1, -0.05) is 75.2 Å². The first-order chi connectivity index (χ1) is 33.8. The number of allylic oxidation sites excluding steroid dienone is 2. The highest BCUT2D eigenvalue weighted by molar-refractivity contribution is 6.15. The lowest BCUT2D eigenvalue weighted by Gasteiger charge is -2.44. The molecule has 5 aromatic carbocycles. The van der Waals surface area contributed by atoms with Crippen LogP contribution in [0.25, 0.3) is 0 Å². The molecule has 3 atom stereocenters. The number of nitrogens with zero attached hydrogens (tertiary/aromatic N) is 3. The largest absolute Gasteiger partial charge is 0.494 e. The highest BCUT2D eigenvalue weighted by atomic mass is 16.5. The summed E-state index contributed by atoms with van der Waals surface area (Å²) in [7, 11) is 4.97. The maximum absolute atomic E-state index is 14.2. The van der Waals surface area contributed by atoms with Gasteiger partial charge in [0.15, 0.2) is 23.0 Å². The Balaban J connectivity index is 0.940. The van der Waals surface area contributed by atoms with Crippen molar-refractivity contribution in [3.63, 3.8) is 0 Å². The zero-order chi connectivity index (χ0) is 49.2. The second kappa shape index (κ2) is 20.3. The Kier molecular flexibility index (Phi) is 14.0. The summed E-state index contributed by atoms with van der Waals surface area (Å²) >= 11 is 0. The first-order valence-electron chi connectivity index (χ1n) is 25.0. The number of benzene rings is 5. The summed E-state index contributed by atoms with van der Waals surface area (Å²) in [5.41, 5.74) is 10.1. The van der Waals surface area contributed by atoms with Crippen LogP contribution in [0.1, 0.15) is 123 Å². The van der Waals surface area contributed by atoms with Crippen molar-refractivity contribution in [2.45, 2.75) is 118 Å². The van der Waals surface area contributed by atoms with Gasteiger partial charge < -0.3 is 33.9 Å². The van der Waals surface area contributed by atoms with Crippen molar-refractivity contribution in [2.75, 3.05) is 43.0 Å². The van der Waals surface area contributed by atoms with Crippen LogP contribution >= 0.6 is 0 Å². The van der Waals surface area contributed by atoms with Gasteiger partial charge in [-0.25, -0.2) is 0 Å². The quantitative estimate of drug-likeness (QED) is 0.0725. The average molecular weight is 945 g/mol. The summed E-state index contributed by atoms with van der Waals surface area (Å²) in [6.07, 6.45) is 13.8. The summed E-state index contributed by atoms with van der Waals surface area (Å²) in [4.78, 5) is 36.8. The van der Waals surface area contributed by atoms with E-state index in [9.17, 15) is 9.59 Å². The first-order valence-corrected chi connectivity index (χ1v) is 25.0. The van der Waals surface area contributed by atoms with Gasteiger partial charge in [0.1, 0.15) is 19.0 Å². The number of ether oxygens (including phenoxy) is 5. The molecular weight excluding hydrogens is 877 g/mol. The molecule has 1 N–H and O–H groups in total. The minimum Gasteiger partial charge on any atom is -0.494 e. The SMILES string of the molecule is CC=C(CCCCOc1cc(COc2cc3c(cc2OC)C(=O)N2c4ccccc4CC2C=N3)cc(COc2cc(NC)c(C(=O)N3c4ccccc4CC3C)cc2OC)c1)C1(C)CCCC(C)(C)C1. The van der Waals surface area contributed by atoms with E-state index in [1.807, 2.05) is 76.7 Å². The molecule has 70 heavy (non-hydrogen) atoms. The maximum atomic E-state index is 14.2. The van der Waals surface area contributed by atoms with E-state index in [0.29, 0.717) is 69.7 Å². The van der Waals surface area contributed by atoms with Gasteiger partial charge >= 0.3 is 0 Å². The fourth-order valence-electron chi connectivity index (χ4n) is 11.6. The number of nitrogens with one attached hydrogen (secondary N) is 1. The number of fused-ring (bicyclic) bond motifs is 5. The second-order valence-electron chi connectivity index (χ2n) is 20.5. The molecule has 1 saturated carbocycles. The molecule has 0 spiro atoms. The number of aliphatic imine (C=N–C) groups is 1. The molecular formula is C59H68N4O7. The number of amides is 2. The molecule has 1 aliphatic carbocycles. The molecule has 3 unspecified atom stereocenters. The monoisotopic (exact) mass is 945 g/mol. The minimum absolute atomic E-state index is 0.0137. The molecule has 3 aliphatic heterocycles. The number of hydrogen-bond acceptors (Lipinski definition) is 9. The van der Waals surface area contributed by atoms with E-state index in [4.69, 9.17) is 28.7 Å². The minimum atomic E-state index is -0.170. The Morgan fingerprint density at radius 3 is 2.16 bits per heavy atom. The standard InChI is InChI=1S/C59H68N4O7/c1-9-43(59(5)23-16-22-58(3,4)37-59)19-14-15-24-68-45-27-39(35-69-54-32-48(60-6)46(30-52(54)66-7)56(64)62-38(2)25-41-17-10-12-20-50(41)62)26-40(28-45)36-70-55-33-49-47(31-53(55)67-8)57(65)63-44(34-61-49)29-42-18-11-13-21-51(42)63/h9-13,17-18,20-21,26-28,30-34,38,44,60H,14-16,19,22-25,29,35-37H2,1-8H3. The third kappa shape index (κ3) is 9.85. The Labute approximate surface area is 413 Å². The molecule has 4 aliphatic rings. The highest BCUT2D eigenvalue weighted by Crippen LogP contribution is 2.51. The van der Waals surface area contributed by atoms with Crippen LogP contribution in [0.4, 0.5) is 22.7 Å². The lowest BCUT2D eigenvalue weighted by molar-refractivity contribution is 0.0976. The molecule has 3 heterocycles. The predicted molar refractivity (Wildman–Crippen MR) is 279 cm³/mol. The van der Waals surface area contributed by atoms with Crippen LogP contribution in [0, 0.1) is 10.8 Å². The lowest BCUT2D eigenvalue weighted by Crippen LogP contribution is -2.37. The van der Waals surface area contributed by atoms with Gasteiger partial charge in [0, 0.05) is 49.2 Å². The van der Waals surface area contributed by atoms with Crippen LogP contribution in [-0.2, 0) is 26.1 Å². The fourth-order valence-corrected chi connectivity index (χ4v) is 11.6. The van der Waals surface area contributed by atoms with E-state index in [1.54, 1.807) is 45.0 Å². The highest BCUT2D eigenvalue weighted by Gasteiger charge is 2.39. The van der Waals surface area contributed by atoms with Crippen molar-refractivity contribution >= 4 is 40.8 Å². The Morgan fingerprint density at radius 1 is 0.800 bits per heavy atom. The number of carbonyl (C=O) groups is 2. The van der Waals surface area contributed by atoms with E-state index in [1.165, 1.54) is 25.7 Å². The van der Waals surface area contributed by atoms with Crippen LogP contribution in [0.3, 0.4) is 0 Å². The summed E-state index contributed by atoms with van der Waals surface area (Å²) in [6.45, 7) is 12.5. The summed E-state index contributed by atoms with van der Waals surface area (Å²) in [5.74, 6) is 2.33. The van der Waals surface area contributed by atoms with Crippen LogP contribution in [0.2, 0.25) is 0 Å². The zero-order valence-corrected chi connectivity index (χ0v) is 42.2. The Hall–Kier alpha value is -6.75. The number of hydrogen-bond donors (Lipinski definition) is 1. The Morgan fingerprint density at radius 2 is 1.47 bits per heavy atom. The van der Waals surface area contributed by atoms with E-state index in [2.05, 4.69) is 58.1 Å². The van der Waals surface area contributed by atoms with Crippen LogP contribution in [-0.4, -0.2) is 58.0 Å². The number of carbonyl (C=O) groups excluding carboxylic acids is 2. The third-order valence-corrected chi connectivity index (χ3v) is 14.9. The van der Waals surface area contributed by atoms with Crippen molar-refractivity contribution in [1.82, 2.24) is 0 Å². The molecule has 0 saturated heterocycles.